The smallest absolute Gasteiger partial charge is 0.161 e. The van der Waals surface area contributed by atoms with E-state index in [0.717, 1.165) is 124 Å². The van der Waals surface area contributed by atoms with E-state index in [1.807, 2.05) is 0 Å². The van der Waals surface area contributed by atoms with Gasteiger partial charge in [-0.15, -0.1) is 0 Å². The van der Waals surface area contributed by atoms with Gasteiger partial charge in [-0.2, -0.15) is 0 Å². The molecule has 0 amide bonds. The van der Waals surface area contributed by atoms with Crippen molar-refractivity contribution in [3.8, 4) is 23.0 Å². The second-order valence-corrected chi connectivity index (χ2v) is 32.1. The molecule has 0 aliphatic carbocycles. The van der Waals surface area contributed by atoms with E-state index >= 15 is 0 Å². The maximum Gasteiger partial charge on any atom is 0.161 e. The van der Waals surface area contributed by atoms with Crippen LogP contribution in [-0.4, -0.2) is 26.4 Å². The summed E-state index contributed by atoms with van der Waals surface area (Å²) in [6.07, 6.45) is 9.06. The molecule has 12 aromatic rings. The highest BCUT2D eigenvalue weighted by Crippen LogP contribution is 2.33. The van der Waals surface area contributed by atoms with Crippen molar-refractivity contribution in [3.05, 3.63) is 362 Å². The maximum atomic E-state index is 5.78. The standard InChI is InChI=1S/4C23H25OS.4FH/c4*1-2-3-18-24-21-16-14-20(15-17-21)19-25(22-10-6-4-7-11-22)23-12-8-5-9-13-23;;;;/h4*4-17H,2-3,18-19H2,1H3;4*1H/q4*+1;;;;/p-4. The first-order valence-corrected chi connectivity index (χ1v) is 41.1. The zero-order valence-electron chi connectivity index (χ0n) is 60.4. The molecule has 12 aromatic carbocycles. The molecule has 104 heavy (non-hydrogen) atoms. The zero-order chi connectivity index (χ0) is 69.3. The monoisotopic (exact) mass is 1470 g/mol. The van der Waals surface area contributed by atoms with Crippen LogP contribution in [0, 0.1) is 0 Å². The van der Waals surface area contributed by atoms with E-state index < -0.39 is 0 Å². The van der Waals surface area contributed by atoms with Crippen molar-refractivity contribution in [2.24, 2.45) is 0 Å². The third kappa shape index (κ3) is 29.6. The Kier molecular flexibility index (Phi) is 41.5. The van der Waals surface area contributed by atoms with E-state index in [2.05, 4.69) is 367 Å². The van der Waals surface area contributed by atoms with Crippen LogP contribution >= 0.6 is 0 Å². The molecule has 0 N–H and O–H groups in total. The highest BCUT2D eigenvalue weighted by atomic mass is 32.2. The minimum atomic E-state index is 0. The normalized spacial score (nSPS) is 10.4. The van der Waals surface area contributed by atoms with Gasteiger partial charge in [-0.05, 0) is 171 Å². The van der Waals surface area contributed by atoms with Gasteiger partial charge in [-0.3, -0.25) is 0 Å². The lowest BCUT2D eigenvalue weighted by Gasteiger charge is -2.09. The Labute approximate surface area is 629 Å². The number of rotatable bonds is 32. The summed E-state index contributed by atoms with van der Waals surface area (Å²) in [5.74, 6) is 7.94. The zero-order valence-corrected chi connectivity index (χ0v) is 63.7. The number of halogens is 4. The molecule has 0 spiro atoms. The number of hydrogen-bond acceptors (Lipinski definition) is 4. The minimum Gasteiger partial charge on any atom is -1.00 e. The molecule has 0 aliphatic heterocycles. The SMILES string of the molecule is CCCCOc1ccc(C[S+](c2ccccc2)c2ccccc2)cc1.CCCCOc1ccc(C[S+](c2ccccc2)c2ccccc2)cc1.CCCCOc1ccc(C[S+](c2ccccc2)c2ccccc2)cc1.CCCCOc1ccc(C[S+](c2ccccc2)c2ccccc2)cc1.[F-].[F-].[F-].[F-]. The fraction of sp³-hybridized carbons (Fsp3) is 0.217. The summed E-state index contributed by atoms with van der Waals surface area (Å²) in [5, 5.41) is 0. The molecule has 0 aliphatic rings. The molecule has 12 heteroatoms. The van der Waals surface area contributed by atoms with E-state index in [-0.39, 0.29) is 62.4 Å². The van der Waals surface area contributed by atoms with Crippen molar-refractivity contribution in [1.82, 2.24) is 0 Å². The molecule has 0 saturated heterocycles. The number of hydrogen-bond donors (Lipinski definition) is 0. The molecule has 4 nitrogen and oxygen atoms in total. The Morgan fingerprint density at radius 3 is 0.442 bits per heavy atom. The second kappa shape index (κ2) is 50.4. The van der Waals surface area contributed by atoms with Crippen molar-refractivity contribution in [2.75, 3.05) is 26.4 Å². The van der Waals surface area contributed by atoms with E-state index in [4.69, 9.17) is 18.9 Å². The first kappa shape index (κ1) is 85.6. The number of ether oxygens (including phenoxy) is 4. The third-order valence-electron chi connectivity index (χ3n) is 16.2. The molecule has 0 atom stereocenters. The third-order valence-corrected chi connectivity index (χ3v) is 25.4. The second-order valence-electron chi connectivity index (χ2n) is 24.0. The van der Waals surface area contributed by atoms with Crippen LogP contribution < -0.4 is 37.8 Å². The number of benzene rings is 12. The summed E-state index contributed by atoms with van der Waals surface area (Å²) in [4.78, 5) is 11.1. The molecule has 544 valence electrons. The van der Waals surface area contributed by atoms with Gasteiger partial charge in [0.25, 0.3) is 0 Å². The summed E-state index contributed by atoms with van der Waals surface area (Å²) in [6, 6.07) is 121. The highest BCUT2D eigenvalue weighted by molar-refractivity contribution is 7.97. The summed E-state index contributed by atoms with van der Waals surface area (Å²) in [7, 11) is 0.174. The van der Waals surface area contributed by atoms with Gasteiger partial charge in [-0.1, -0.05) is 248 Å². The van der Waals surface area contributed by atoms with Gasteiger partial charge in [0.2, 0.25) is 0 Å². The van der Waals surface area contributed by atoms with Crippen LogP contribution in [0.2, 0.25) is 0 Å². The highest BCUT2D eigenvalue weighted by Gasteiger charge is 2.29. The molecule has 0 saturated carbocycles. The van der Waals surface area contributed by atoms with E-state index in [0.29, 0.717) is 0 Å². The Balaban J connectivity index is 0.000000246. The van der Waals surface area contributed by atoms with Crippen LogP contribution in [0.15, 0.2) is 379 Å². The Bertz CT molecular complexity index is 3360. The van der Waals surface area contributed by atoms with Gasteiger partial charge in [0, 0.05) is 22.3 Å². The van der Waals surface area contributed by atoms with Crippen LogP contribution in [0.3, 0.4) is 0 Å². The lowest BCUT2D eigenvalue weighted by molar-refractivity contribution is -0.001000. The topological polar surface area (TPSA) is 36.9 Å². The molecule has 0 unspecified atom stereocenters. The summed E-state index contributed by atoms with van der Waals surface area (Å²) < 4.78 is 23.1. The molecule has 0 heterocycles. The Morgan fingerprint density at radius 1 is 0.183 bits per heavy atom. The minimum absolute atomic E-state index is 0. The largest absolute Gasteiger partial charge is 1.00 e. The molecule has 0 aromatic heterocycles. The van der Waals surface area contributed by atoms with Crippen LogP contribution in [0.5, 0.6) is 23.0 Å². The molecular weight excluding hydrogens is 1370 g/mol. The van der Waals surface area contributed by atoms with Gasteiger partial charge in [0.1, 0.15) is 46.0 Å². The maximum absolute atomic E-state index is 5.78. The molecule has 12 rings (SSSR count). The first-order valence-electron chi connectivity index (χ1n) is 35.6. The van der Waals surface area contributed by atoms with Crippen LogP contribution in [-0.2, 0) is 66.6 Å². The van der Waals surface area contributed by atoms with Crippen molar-refractivity contribution in [2.45, 2.75) is 141 Å². The molecular formula is C92H100F4O4S4. The predicted molar refractivity (Wildman–Crippen MR) is 429 cm³/mol. The predicted octanol–water partition coefficient (Wildman–Crippen LogP) is 12.4. The molecule has 0 bridgehead atoms. The van der Waals surface area contributed by atoms with Gasteiger partial charge in [0.05, 0.1) is 70.0 Å². The van der Waals surface area contributed by atoms with Crippen LogP contribution in [0.4, 0.5) is 0 Å². The van der Waals surface area contributed by atoms with Crippen molar-refractivity contribution in [3.63, 3.8) is 0 Å². The Morgan fingerprint density at radius 2 is 0.317 bits per heavy atom. The van der Waals surface area contributed by atoms with Gasteiger partial charge < -0.3 is 37.8 Å². The quantitative estimate of drug-likeness (QED) is 0.0239. The lowest BCUT2D eigenvalue weighted by Crippen LogP contribution is -3.00. The summed E-state index contributed by atoms with van der Waals surface area (Å²) in [6.45, 7) is 11.9. The van der Waals surface area contributed by atoms with Crippen molar-refractivity contribution >= 4 is 43.6 Å². The fourth-order valence-electron chi connectivity index (χ4n) is 10.6. The summed E-state index contributed by atoms with van der Waals surface area (Å²) in [5.41, 5.74) is 5.38. The van der Waals surface area contributed by atoms with Gasteiger partial charge in [-0.25, -0.2) is 0 Å². The fourth-order valence-corrected chi connectivity index (χ4v) is 19.0. The average molecular weight is 1470 g/mol. The van der Waals surface area contributed by atoms with Gasteiger partial charge >= 0.3 is 0 Å². The first-order chi connectivity index (χ1) is 49.5. The van der Waals surface area contributed by atoms with Crippen molar-refractivity contribution in [1.29, 1.82) is 0 Å². The van der Waals surface area contributed by atoms with Crippen LogP contribution in [0.25, 0.3) is 0 Å². The van der Waals surface area contributed by atoms with Crippen molar-refractivity contribution < 1.29 is 37.8 Å². The van der Waals surface area contributed by atoms with E-state index in [9.17, 15) is 0 Å². The lowest BCUT2D eigenvalue weighted by atomic mass is 10.2. The number of unbranched alkanes of at least 4 members (excludes halogenated alkanes) is 4. The molecule has 0 fully saturated rings. The Hall–Kier alpha value is -9.04. The summed E-state index contributed by atoms with van der Waals surface area (Å²) >= 11 is 0. The van der Waals surface area contributed by atoms with Gasteiger partial charge in [0.15, 0.2) is 39.2 Å². The molecule has 0 radical (unpaired) electrons. The van der Waals surface area contributed by atoms with Crippen LogP contribution in [0.1, 0.15) is 101 Å². The average Bonchev–Trinajstić information content (AvgIpc) is 0.858. The van der Waals surface area contributed by atoms with E-state index in [1.165, 1.54) is 61.4 Å². The van der Waals surface area contributed by atoms with E-state index in [1.54, 1.807) is 0 Å².